The van der Waals surface area contributed by atoms with Gasteiger partial charge < -0.3 is 30.4 Å². The minimum atomic E-state index is -3.30. The number of alkyl carbamates (subject to hydrolysis) is 1. The SMILES string of the molecule is CC(C)(C)OC(=O)NCC(=N)c1c(N2CC(C#N)C2)ccnc1Nc1ccc(OC(C)(F)F)cc1. The summed E-state index contributed by atoms with van der Waals surface area (Å²) in [6.45, 7) is 6.79. The number of carbonyl (C=O) groups excluding carboxylic acids is 1. The molecule has 2 aromatic rings. The number of pyridine rings is 1. The van der Waals surface area contributed by atoms with Gasteiger partial charge in [-0.05, 0) is 51.1 Å². The molecule has 9 nitrogen and oxygen atoms in total. The zero-order valence-electron chi connectivity index (χ0n) is 20.0. The summed E-state index contributed by atoms with van der Waals surface area (Å²) in [5.41, 5.74) is 1.07. The molecular weight excluding hydrogens is 458 g/mol. The molecule has 1 aromatic carbocycles. The number of hydrogen-bond donors (Lipinski definition) is 3. The van der Waals surface area contributed by atoms with Crippen LogP contribution in [0.15, 0.2) is 36.5 Å². The molecule has 0 unspecified atom stereocenters. The Hall–Kier alpha value is -3.94. The molecule has 0 aliphatic carbocycles. The van der Waals surface area contributed by atoms with Gasteiger partial charge in [0.1, 0.15) is 17.2 Å². The van der Waals surface area contributed by atoms with Gasteiger partial charge in [-0.1, -0.05) is 0 Å². The molecule has 3 rings (SSSR count). The van der Waals surface area contributed by atoms with Gasteiger partial charge in [-0.25, -0.2) is 9.78 Å². The molecular formula is C24H28F2N6O3. The summed E-state index contributed by atoms with van der Waals surface area (Å²) < 4.78 is 36.0. The first-order chi connectivity index (χ1) is 16.3. The monoisotopic (exact) mass is 486 g/mol. The average molecular weight is 487 g/mol. The smallest absolute Gasteiger partial charge is 0.407 e. The molecule has 0 saturated carbocycles. The Labute approximate surface area is 202 Å². The van der Waals surface area contributed by atoms with E-state index in [0.717, 1.165) is 0 Å². The highest BCUT2D eigenvalue weighted by Crippen LogP contribution is 2.33. The van der Waals surface area contributed by atoms with E-state index < -0.39 is 17.8 Å². The first-order valence-corrected chi connectivity index (χ1v) is 11.0. The van der Waals surface area contributed by atoms with Crippen molar-refractivity contribution in [3.05, 3.63) is 42.1 Å². The van der Waals surface area contributed by atoms with Crippen LogP contribution in [0.5, 0.6) is 5.75 Å². The van der Waals surface area contributed by atoms with Crippen molar-refractivity contribution in [3.8, 4) is 11.8 Å². The van der Waals surface area contributed by atoms with E-state index >= 15 is 0 Å². The van der Waals surface area contributed by atoms with Gasteiger partial charge >= 0.3 is 12.2 Å². The molecule has 1 saturated heterocycles. The zero-order valence-corrected chi connectivity index (χ0v) is 20.0. The molecule has 1 aliphatic rings. The van der Waals surface area contributed by atoms with Gasteiger partial charge in [-0.3, -0.25) is 0 Å². The van der Waals surface area contributed by atoms with Crippen LogP contribution in [0, 0.1) is 22.7 Å². The number of halogens is 2. The minimum Gasteiger partial charge on any atom is -0.444 e. The van der Waals surface area contributed by atoms with Crippen molar-refractivity contribution in [3.63, 3.8) is 0 Å². The van der Waals surface area contributed by atoms with Crippen molar-refractivity contribution in [2.45, 2.75) is 39.4 Å². The summed E-state index contributed by atoms with van der Waals surface area (Å²) in [6, 6.07) is 9.86. The van der Waals surface area contributed by atoms with E-state index in [4.69, 9.17) is 15.4 Å². The lowest BCUT2D eigenvalue weighted by molar-refractivity contribution is -0.158. The molecule has 11 heteroatoms. The lowest BCUT2D eigenvalue weighted by Gasteiger charge is -2.38. The number of amides is 1. The number of ether oxygens (including phenoxy) is 2. The van der Waals surface area contributed by atoms with Gasteiger partial charge in [0.05, 0.1) is 35.5 Å². The Morgan fingerprint density at radius 1 is 1.23 bits per heavy atom. The van der Waals surface area contributed by atoms with Crippen molar-refractivity contribution in [2.75, 3.05) is 29.9 Å². The second-order valence-corrected chi connectivity index (χ2v) is 9.18. The molecule has 0 spiro atoms. The first kappa shape index (κ1) is 25.7. The van der Waals surface area contributed by atoms with Gasteiger partial charge in [0.15, 0.2) is 0 Å². The maximum Gasteiger partial charge on any atom is 0.407 e. The number of carbonyl (C=O) groups is 1. The molecule has 1 aliphatic heterocycles. The summed E-state index contributed by atoms with van der Waals surface area (Å²) in [5.74, 6) is 0.238. The fourth-order valence-corrected chi connectivity index (χ4v) is 3.38. The molecule has 2 heterocycles. The summed E-state index contributed by atoms with van der Waals surface area (Å²) in [4.78, 5) is 18.4. The van der Waals surface area contributed by atoms with Crippen LogP contribution < -0.4 is 20.3 Å². The first-order valence-electron chi connectivity index (χ1n) is 11.0. The predicted molar refractivity (Wildman–Crippen MR) is 128 cm³/mol. The zero-order chi connectivity index (χ0) is 25.8. The number of nitrogens with one attached hydrogen (secondary N) is 3. The van der Waals surface area contributed by atoms with Crippen LogP contribution >= 0.6 is 0 Å². The Morgan fingerprint density at radius 2 is 1.89 bits per heavy atom. The van der Waals surface area contributed by atoms with E-state index in [1.807, 2.05) is 4.90 Å². The number of benzene rings is 1. The molecule has 0 bridgehead atoms. The molecule has 1 aromatic heterocycles. The van der Waals surface area contributed by atoms with Crippen LogP contribution in [-0.4, -0.2) is 48.1 Å². The number of anilines is 3. The molecule has 0 atom stereocenters. The average Bonchev–Trinajstić information content (AvgIpc) is 2.70. The summed E-state index contributed by atoms with van der Waals surface area (Å²) >= 11 is 0. The maximum absolute atomic E-state index is 13.1. The van der Waals surface area contributed by atoms with Crippen LogP contribution in [0.2, 0.25) is 0 Å². The van der Waals surface area contributed by atoms with Crippen LogP contribution in [0.4, 0.5) is 30.8 Å². The fourth-order valence-electron chi connectivity index (χ4n) is 3.38. The topological polar surface area (TPSA) is 123 Å². The van der Waals surface area contributed by atoms with Gasteiger partial charge in [0.2, 0.25) is 0 Å². The van der Waals surface area contributed by atoms with E-state index in [-0.39, 0.29) is 23.9 Å². The predicted octanol–water partition coefficient (Wildman–Crippen LogP) is 4.67. The van der Waals surface area contributed by atoms with Gasteiger partial charge in [0.25, 0.3) is 0 Å². The minimum absolute atomic E-state index is 0.00223. The standard InChI is InChI=1S/C24H28F2N6O3/c1-23(2,3)35-22(33)30-12-18(28)20-19(32-13-15(11-27)14-32)9-10-29-21(20)31-16-5-7-17(8-6-16)34-24(4,25)26/h5-10,15,28H,12-14H2,1-4H3,(H,29,31)(H,30,33). The third-order valence-corrected chi connectivity index (χ3v) is 4.86. The molecule has 1 amide bonds. The molecule has 0 radical (unpaired) electrons. The quantitative estimate of drug-likeness (QED) is 0.463. The van der Waals surface area contributed by atoms with Gasteiger partial charge in [-0.15, -0.1) is 0 Å². The van der Waals surface area contributed by atoms with Crippen molar-refractivity contribution in [1.82, 2.24) is 10.3 Å². The highest BCUT2D eigenvalue weighted by Gasteiger charge is 2.30. The van der Waals surface area contributed by atoms with Crippen LogP contribution in [-0.2, 0) is 4.74 Å². The van der Waals surface area contributed by atoms with Crippen LogP contribution in [0.1, 0.15) is 33.3 Å². The van der Waals surface area contributed by atoms with E-state index in [9.17, 15) is 13.6 Å². The number of rotatable bonds is 8. The molecule has 1 fully saturated rings. The highest BCUT2D eigenvalue weighted by molar-refractivity contribution is 6.09. The van der Waals surface area contributed by atoms with Crippen LogP contribution in [0.3, 0.4) is 0 Å². The summed E-state index contributed by atoms with van der Waals surface area (Å²) in [6.07, 6.45) is -2.38. The molecule has 35 heavy (non-hydrogen) atoms. The normalized spacial score (nSPS) is 13.9. The number of aromatic nitrogens is 1. The van der Waals surface area contributed by atoms with Crippen molar-refractivity contribution in [1.29, 1.82) is 10.7 Å². The Kier molecular flexibility index (Phi) is 7.43. The largest absolute Gasteiger partial charge is 0.444 e. The molecule has 186 valence electrons. The second-order valence-electron chi connectivity index (χ2n) is 9.18. The lowest BCUT2D eigenvalue weighted by atomic mass is 9.98. The second kappa shape index (κ2) is 10.1. The van der Waals surface area contributed by atoms with E-state index in [1.54, 1.807) is 45.2 Å². The maximum atomic E-state index is 13.1. The van der Waals surface area contributed by atoms with Gasteiger partial charge in [0, 0.05) is 31.9 Å². The van der Waals surface area contributed by atoms with Crippen molar-refractivity contribution >= 4 is 29.0 Å². The highest BCUT2D eigenvalue weighted by atomic mass is 19.3. The lowest BCUT2D eigenvalue weighted by Crippen LogP contribution is -2.47. The molecule has 3 N–H and O–H groups in total. The third kappa shape index (κ3) is 7.27. The fraction of sp³-hybridized carbons (Fsp3) is 0.417. The third-order valence-electron chi connectivity index (χ3n) is 4.86. The van der Waals surface area contributed by atoms with Crippen LogP contribution in [0.25, 0.3) is 0 Å². The summed E-state index contributed by atoms with van der Waals surface area (Å²) in [7, 11) is 0. The summed E-state index contributed by atoms with van der Waals surface area (Å²) in [5, 5.41) is 23.5. The van der Waals surface area contributed by atoms with Crippen molar-refractivity contribution in [2.24, 2.45) is 5.92 Å². The number of nitriles is 1. The Morgan fingerprint density at radius 3 is 2.46 bits per heavy atom. The Bertz CT molecular complexity index is 1110. The number of alkyl halides is 2. The van der Waals surface area contributed by atoms with E-state index in [0.29, 0.717) is 42.8 Å². The van der Waals surface area contributed by atoms with Gasteiger partial charge in [-0.2, -0.15) is 14.0 Å². The number of hydrogen-bond acceptors (Lipinski definition) is 8. The Balaban J connectivity index is 1.83. The van der Waals surface area contributed by atoms with E-state index in [2.05, 4.69) is 26.4 Å². The van der Waals surface area contributed by atoms with Crippen molar-refractivity contribution < 1.29 is 23.0 Å². The number of nitrogens with zero attached hydrogens (tertiary/aromatic N) is 3. The van der Waals surface area contributed by atoms with E-state index in [1.165, 1.54) is 12.1 Å².